The third kappa shape index (κ3) is 2.56. The first-order chi connectivity index (χ1) is 10.6. The van der Waals surface area contributed by atoms with Crippen LogP contribution < -0.4 is 4.74 Å². The van der Waals surface area contributed by atoms with Crippen molar-refractivity contribution in [2.75, 3.05) is 7.11 Å². The Hall–Kier alpha value is -2.03. The number of ether oxygens (including phenoxy) is 1. The molecule has 0 radical (unpaired) electrons. The van der Waals surface area contributed by atoms with Crippen LogP contribution in [0.2, 0.25) is 0 Å². The molecule has 0 aliphatic heterocycles. The van der Waals surface area contributed by atoms with Crippen molar-refractivity contribution in [2.45, 2.75) is 44.4 Å². The largest absolute Gasteiger partial charge is 0.497 e. The zero-order chi connectivity index (χ0) is 15.7. The quantitative estimate of drug-likeness (QED) is 0.890. The van der Waals surface area contributed by atoms with E-state index >= 15 is 0 Å². The lowest BCUT2D eigenvalue weighted by molar-refractivity contribution is -0.138. The summed E-state index contributed by atoms with van der Waals surface area (Å²) in [6.07, 6.45) is 4.78. The van der Waals surface area contributed by atoms with Crippen molar-refractivity contribution in [1.29, 1.82) is 0 Å². The third-order valence-corrected chi connectivity index (χ3v) is 4.90. The van der Waals surface area contributed by atoms with E-state index in [2.05, 4.69) is 6.07 Å². The van der Waals surface area contributed by atoms with Crippen LogP contribution in [0.3, 0.4) is 0 Å². The average molecular weight is 298 g/mol. The van der Waals surface area contributed by atoms with Crippen LogP contribution in [0.5, 0.6) is 5.75 Å². The van der Waals surface area contributed by atoms with E-state index in [0.717, 1.165) is 29.5 Å². The van der Waals surface area contributed by atoms with Gasteiger partial charge in [0.1, 0.15) is 5.75 Å². The lowest BCUT2D eigenvalue weighted by atomic mass is 9.83. The standard InChI is InChI=1S/C19H22O3/c1-12(19(20)21)16-9-7-14-11-15(22-2)8-10-17(14)18(16)13-5-3-4-6-13/h7-13H,3-6H2,1-2H3,(H,20,21)/t12-/m0/s1. The minimum Gasteiger partial charge on any atom is -0.497 e. The maximum absolute atomic E-state index is 11.5. The molecule has 1 saturated carbocycles. The summed E-state index contributed by atoms with van der Waals surface area (Å²) in [4.78, 5) is 11.5. The molecule has 0 saturated heterocycles. The lowest BCUT2D eigenvalue weighted by Gasteiger charge is -2.21. The van der Waals surface area contributed by atoms with Gasteiger partial charge in [-0.1, -0.05) is 31.0 Å². The van der Waals surface area contributed by atoms with Crippen LogP contribution in [-0.4, -0.2) is 18.2 Å². The van der Waals surface area contributed by atoms with Crippen molar-refractivity contribution in [2.24, 2.45) is 0 Å². The Kier molecular flexibility index (Phi) is 4.06. The Labute approximate surface area is 130 Å². The molecule has 2 aromatic carbocycles. The van der Waals surface area contributed by atoms with Crippen LogP contribution in [0.4, 0.5) is 0 Å². The number of rotatable bonds is 4. The molecule has 0 unspecified atom stereocenters. The number of aliphatic carboxylic acids is 1. The molecule has 1 aliphatic rings. The molecular formula is C19H22O3. The van der Waals surface area contributed by atoms with Gasteiger partial charge < -0.3 is 9.84 Å². The molecule has 0 heterocycles. The predicted molar refractivity (Wildman–Crippen MR) is 87.8 cm³/mol. The summed E-state index contributed by atoms with van der Waals surface area (Å²) in [5, 5.41) is 11.7. The van der Waals surface area contributed by atoms with Crippen molar-refractivity contribution in [3.8, 4) is 5.75 Å². The SMILES string of the molecule is COc1ccc2c(C3CCCC3)c([C@H](C)C(=O)O)ccc2c1. The summed E-state index contributed by atoms with van der Waals surface area (Å²) in [6, 6.07) is 10.1. The fraction of sp³-hybridized carbons (Fsp3) is 0.421. The lowest BCUT2D eigenvalue weighted by Crippen LogP contribution is -2.12. The van der Waals surface area contributed by atoms with E-state index in [1.807, 2.05) is 24.3 Å². The fourth-order valence-corrected chi connectivity index (χ4v) is 3.66. The summed E-state index contributed by atoms with van der Waals surface area (Å²) in [7, 11) is 1.67. The molecule has 3 rings (SSSR count). The first kappa shape index (κ1) is 14.9. The van der Waals surface area contributed by atoms with Crippen LogP contribution >= 0.6 is 0 Å². The Morgan fingerprint density at radius 3 is 2.59 bits per heavy atom. The summed E-state index contributed by atoms with van der Waals surface area (Å²) in [5.41, 5.74) is 2.21. The number of hydrogen-bond donors (Lipinski definition) is 1. The minimum absolute atomic E-state index is 0.470. The number of fused-ring (bicyclic) bond motifs is 1. The van der Waals surface area contributed by atoms with Crippen LogP contribution in [0.15, 0.2) is 30.3 Å². The molecule has 1 atom stereocenters. The highest BCUT2D eigenvalue weighted by Gasteiger charge is 2.26. The van der Waals surface area contributed by atoms with Gasteiger partial charge >= 0.3 is 5.97 Å². The minimum atomic E-state index is -0.757. The third-order valence-electron chi connectivity index (χ3n) is 4.90. The second-order valence-corrected chi connectivity index (χ2v) is 6.20. The van der Waals surface area contributed by atoms with Gasteiger partial charge in [0.2, 0.25) is 0 Å². The normalized spacial score (nSPS) is 16.8. The molecule has 1 N–H and O–H groups in total. The van der Waals surface area contributed by atoms with Gasteiger partial charge in [-0.25, -0.2) is 0 Å². The average Bonchev–Trinajstić information content (AvgIpc) is 3.06. The number of hydrogen-bond acceptors (Lipinski definition) is 2. The van der Waals surface area contributed by atoms with E-state index in [1.165, 1.54) is 23.8 Å². The van der Waals surface area contributed by atoms with Crippen molar-refractivity contribution in [3.05, 3.63) is 41.5 Å². The topological polar surface area (TPSA) is 46.5 Å². The van der Waals surface area contributed by atoms with E-state index in [0.29, 0.717) is 5.92 Å². The molecule has 1 fully saturated rings. The van der Waals surface area contributed by atoms with Gasteiger partial charge in [0.05, 0.1) is 13.0 Å². The van der Waals surface area contributed by atoms with Crippen LogP contribution in [0, 0.1) is 0 Å². The van der Waals surface area contributed by atoms with Gasteiger partial charge in [-0.05, 0) is 59.7 Å². The van der Waals surface area contributed by atoms with Crippen molar-refractivity contribution in [1.82, 2.24) is 0 Å². The second-order valence-electron chi connectivity index (χ2n) is 6.20. The highest BCUT2D eigenvalue weighted by Crippen LogP contribution is 2.42. The zero-order valence-electron chi connectivity index (χ0n) is 13.1. The molecule has 0 bridgehead atoms. The molecule has 22 heavy (non-hydrogen) atoms. The smallest absolute Gasteiger partial charge is 0.310 e. The monoisotopic (exact) mass is 298 g/mol. The fourth-order valence-electron chi connectivity index (χ4n) is 3.66. The summed E-state index contributed by atoms with van der Waals surface area (Å²) < 4.78 is 5.31. The molecule has 3 heteroatoms. The summed E-state index contributed by atoms with van der Waals surface area (Å²) in [6.45, 7) is 1.78. The van der Waals surface area contributed by atoms with Gasteiger partial charge in [-0.3, -0.25) is 4.79 Å². The van der Waals surface area contributed by atoms with E-state index < -0.39 is 11.9 Å². The number of benzene rings is 2. The van der Waals surface area contributed by atoms with Crippen LogP contribution in [0.25, 0.3) is 10.8 Å². The highest BCUT2D eigenvalue weighted by atomic mass is 16.5. The van der Waals surface area contributed by atoms with Gasteiger partial charge in [-0.2, -0.15) is 0 Å². The molecule has 0 aromatic heterocycles. The molecule has 1 aliphatic carbocycles. The van der Waals surface area contributed by atoms with Gasteiger partial charge in [0, 0.05) is 0 Å². The Balaban J connectivity index is 2.22. The molecule has 116 valence electrons. The Morgan fingerprint density at radius 2 is 1.95 bits per heavy atom. The Morgan fingerprint density at radius 1 is 1.23 bits per heavy atom. The van der Waals surface area contributed by atoms with E-state index in [4.69, 9.17) is 4.74 Å². The second kappa shape index (κ2) is 5.99. The maximum Gasteiger partial charge on any atom is 0.310 e. The maximum atomic E-state index is 11.5. The number of carbonyl (C=O) groups is 1. The Bertz CT molecular complexity index is 699. The van der Waals surface area contributed by atoms with Crippen LogP contribution in [-0.2, 0) is 4.79 Å². The predicted octanol–water partition coefficient (Wildman–Crippen LogP) is 4.69. The number of methoxy groups -OCH3 is 1. The van der Waals surface area contributed by atoms with Crippen LogP contribution in [0.1, 0.15) is 55.6 Å². The van der Waals surface area contributed by atoms with Crippen molar-refractivity contribution < 1.29 is 14.6 Å². The van der Waals surface area contributed by atoms with E-state index in [-0.39, 0.29) is 0 Å². The molecule has 3 nitrogen and oxygen atoms in total. The molecule has 2 aromatic rings. The highest BCUT2D eigenvalue weighted by molar-refractivity contribution is 5.90. The summed E-state index contributed by atoms with van der Waals surface area (Å²) >= 11 is 0. The van der Waals surface area contributed by atoms with Crippen molar-refractivity contribution in [3.63, 3.8) is 0 Å². The van der Waals surface area contributed by atoms with Gasteiger partial charge in [0.25, 0.3) is 0 Å². The first-order valence-electron chi connectivity index (χ1n) is 7.95. The molecular weight excluding hydrogens is 276 g/mol. The molecule has 0 spiro atoms. The number of carboxylic acids is 1. The van der Waals surface area contributed by atoms with Gasteiger partial charge in [0.15, 0.2) is 0 Å². The number of carboxylic acid groups (broad SMARTS) is 1. The van der Waals surface area contributed by atoms with E-state index in [9.17, 15) is 9.90 Å². The first-order valence-corrected chi connectivity index (χ1v) is 7.95. The molecule has 0 amide bonds. The summed E-state index contributed by atoms with van der Waals surface area (Å²) in [5.74, 6) is 0.0898. The van der Waals surface area contributed by atoms with Gasteiger partial charge in [-0.15, -0.1) is 0 Å². The zero-order valence-corrected chi connectivity index (χ0v) is 13.1. The van der Waals surface area contributed by atoms with E-state index in [1.54, 1.807) is 14.0 Å². The van der Waals surface area contributed by atoms with Crippen molar-refractivity contribution >= 4 is 16.7 Å².